The van der Waals surface area contributed by atoms with Gasteiger partial charge in [-0.25, -0.2) is 4.79 Å². The number of nitrogens with zero attached hydrogens (tertiary/aromatic N) is 3. The van der Waals surface area contributed by atoms with Crippen molar-refractivity contribution in [2.45, 2.75) is 17.5 Å². The van der Waals surface area contributed by atoms with E-state index in [4.69, 9.17) is 5.11 Å². The molecule has 0 radical (unpaired) electrons. The molecule has 3 aromatic rings. The van der Waals surface area contributed by atoms with Gasteiger partial charge in [-0.05, 0) is 34.9 Å². The van der Waals surface area contributed by atoms with Crippen molar-refractivity contribution in [3.05, 3.63) is 63.6 Å². The number of aliphatic hydroxyl groups excluding tert-OH is 1. The van der Waals surface area contributed by atoms with E-state index < -0.39 is 0 Å². The molecule has 6 nitrogen and oxygen atoms in total. The molecule has 1 N–H and O–H groups in total. The minimum Gasteiger partial charge on any atom is -0.392 e. The van der Waals surface area contributed by atoms with Crippen LogP contribution in [0.4, 0.5) is 5.69 Å². The highest BCUT2D eigenvalue weighted by Crippen LogP contribution is 2.29. The number of aromatic nitrogens is 2. The van der Waals surface area contributed by atoms with Crippen LogP contribution in [0, 0.1) is 0 Å². The van der Waals surface area contributed by atoms with Gasteiger partial charge in [0.15, 0.2) is 0 Å². The lowest BCUT2D eigenvalue weighted by molar-refractivity contribution is -0.117. The molecule has 0 fully saturated rings. The first-order chi connectivity index (χ1) is 12.9. The van der Waals surface area contributed by atoms with Crippen LogP contribution in [0.5, 0.6) is 0 Å². The van der Waals surface area contributed by atoms with Gasteiger partial charge >= 0.3 is 5.69 Å². The zero-order valence-corrected chi connectivity index (χ0v) is 17.7. The topological polar surface area (TPSA) is 67.5 Å². The molecule has 0 bridgehead atoms. The molecular formula is C20H22IN3O3. The molecule has 27 heavy (non-hydrogen) atoms. The second kappa shape index (κ2) is 7.85. The van der Waals surface area contributed by atoms with Crippen molar-refractivity contribution >= 4 is 45.2 Å². The monoisotopic (exact) mass is 479 g/mol. The summed E-state index contributed by atoms with van der Waals surface area (Å²) in [6.07, 6.45) is 0.563. The Hall–Kier alpha value is -2.13. The molecule has 0 unspecified atom stereocenters. The number of fused-ring (bicyclic) bond motifs is 2. The second-order valence-electron chi connectivity index (χ2n) is 6.61. The van der Waals surface area contributed by atoms with Gasteiger partial charge in [-0.15, -0.1) is 0 Å². The average molecular weight is 479 g/mol. The number of rotatable bonds is 2. The molecule has 0 spiro atoms. The van der Waals surface area contributed by atoms with Crippen molar-refractivity contribution in [2.24, 2.45) is 14.1 Å². The van der Waals surface area contributed by atoms with Gasteiger partial charge < -0.3 is 10.0 Å². The Bertz CT molecular complexity index is 1070. The molecule has 2 aromatic carbocycles. The molecule has 1 amide bonds. The molecule has 0 saturated heterocycles. The van der Waals surface area contributed by atoms with Gasteiger partial charge in [0.05, 0.1) is 24.1 Å². The first-order valence-corrected chi connectivity index (χ1v) is 10.1. The van der Waals surface area contributed by atoms with Crippen LogP contribution in [0.2, 0.25) is 0 Å². The lowest BCUT2D eigenvalue weighted by atomic mass is 10.1. The number of benzene rings is 2. The highest BCUT2D eigenvalue weighted by atomic mass is 127. The van der Waals surface area contributed by atoms with Crippen LogP contribution in [0.15, 0.2) is 41.2 Å². The number of halogens is 1. The van der Waals surface area contributed by atoms with Gasteiger partial charge in [-0.2, -0.15) is 0 Å². The predicted octanol–water partition coefficient (Wildman–Crippen LogP) is 2.51. The summed E-state index contributed by atoms with van der Waals surface area (Å²) in [4.78, 5) is 24.6. The van der Waals surface area contributed by atoms with E-state index in [-0.39, 0.29) is 18.2 Å². The number of amides is 1. The number of carbonyl (C=O) groups excluding carboxylic acids is 1. The minimum atomic E-state index is -0.0462. The zero-order chi connectivity index (χ0) is 19.7. The van der Waals surface area contributed by atoms with E-state index in [2.05, 4.69) is 40.8 Å². The highest BCUT2D eigenvalue weighted by Gasteiger charge is 2.23. The zero-order valence-electron chi connectivity index (χ0n) is 15.6. The molecule has 1 aliphatic rings. The molecule has 0 aliphatic carbocycles. The summed E-state index contributed by atoms with van der Waals surface area (Å²) < 4.78 is 4.16. The van der Waals surface area contributed by atoms with E-state index in [0.717, 1.165) is 32.3 Å². The van der Waals surface area contributed by atoms with Crippen LogP contribution in [-0.4, -0.2) is 27.2 Å². The number of imidazole rings is 1. The molecule has 142 valence electrons. The smallest absolute Gasteiger partial charge is 0.328 e. The number of aliphatic hydroxyl groups is 1. The third-order valence-corrected chi connectivity index (χ3v) is 5.78. The van der Waals surface area contributed by atoms with E-state index in [1.54, 1.807) is 28.1 Å². The maximum absolute atomic E-state index is 11.6. The molecule has 1 aliphatic heterocycles. The Morgan fingerprint density at radius 3 is 2.30 bits per heavy atom. The van der Waals surface area contributed by atoms with Crippen molar-refractivity contribution < 1.29 is 9.90 Å². The van der Waals surface area contributed by atoms with Crippen molar-refractivity contribution in [2.75, 3.05) is 11.9 Å². The lowest BCUT2D eigenvalue weighted by Crippen LogP contribution is -2.20. The summed E-state index contributed by atoms with van der Waals surface area (Å²) in [6, 6.07) is 11.8. The summed E-state index contributed by atoms with van der Waals surface area (Å²) >= 11 is 2.33. The molecule has 1 aromatic heterocycles. The average Bonchev–Trinajstić information content (AvgIpc) is 3.10. The highest BCUT2D eigenvalue weighted by molar-refractivity contribution is 14.1. The number of anilines is 1. The quantitative estimate of drug-likeness (QED) is 0.454. The van der Waals surface area contributed by atoms with Crippen LogP contribution in [0.3, 0.4) is 0 Å². The van der Waals surface area contributed by atoms with Crippen LogP contribution in [-0.2, 0) is 36.3 Å². The van der Waals surface area contributed by atoms with E-state index in [9.17, 15) is 9.59 Å². The van der Waals surface area contributed by atoms with Crippen molar-refractivity contribution in [1.82, 2.24) is 9.13 Å². The summed E-state index contributed by atoms with van der Waals surface area (Å²) in [5.74, 6) is 0.195. The molecule has 0 saturated carbocycles. The van der Waals surface area contributed by atoms with Gasteiger partial charge in [0.1, 0.15) is 0 Å². The van der Waals surface area contributed by atoms with Gasteiger partial charge in [0.2, 0.25) is 5.91 Å². The number of likely N-dealkylation sites (N-methyl/N-ethyl adjacent to an activating group) is 1. The number of alkyl halides is 1. The third kappa shape index (κ3) is 3.66. The predicted molar refractivity (Wildman–Crippen MR) is 115 cm³/mol. The number of aryl methyl sites for hydroxylation is 2. The first-order valence-electron chi connectivity index (χ1n) is 8.57. The van der Waals surface area contributed by atoms with Crippen LogP contribution >= 0.6 is 22.6 Å². The fourth-order valence-electron chi connectivity index (χ4n) is 3.22. The fourth-order valence-corrected chi connectivity index (χ4v) is 3.70. The summed E-state index contributed by atoms with van der Waals surface area (Å²) in [5, 5.41) is 8.97. The number of carbonyl (C=O) groups is 1. The molecule has 0 atom stereocenters. The SMILES string of the molecule is CN1C(=O)Cc2ccc(CI)cc21.Cn1c(=O)n(C)c2cc(CO)ccc21. The van der Waals surface area contributed by atoms with Gasteiger partial charge in [0.25, 0.3) is 0 Å². The summed E-state index contributed by atoms with van der Waals surface area (Å²) in [7, 11) is 5.31. The Labute approximate surface area is 171 Å². The normalized spacial score (nSPS) is 12.9. The van der Waals surface area contributed by atoms with E-state index >= 15 is 0 Å². The second-order valence-corrected chi connectivity index (χ2v) is 7.37. The van der Waals surface area contributed by atoms with E-state index in [0.29, 0.717) is 6.42 Å². The Kier molecular flexibility index (Phi) is 5.71. The molecular weight excluding hydrogens is 457 g/mol. The third-order valence-electron chi connectivity index (χ3n) is 4.90. The molecule has 2 heterocycles. The van der Waals surface area contributed by atoms with Crippen LogP contribution in [0.25, 0.3) is 11.0 Å². The largest absolute Gasteiger partial charge is 0.392 e. The van der Waals surface area contributed by atoms with Gasteiger partial charge in [-0.3, -0.25) is 13.9 Å². The maximum atomic E-state index is 11.6. The first kappa shape index (κ1) is 19.6. The van der Waals surface area contributed by atoms with Crippen molar-refractivity contribution in [3.63, 3.8) is 0 Å². The van der Waals surface area contributed by atoms with E-state index in [1.807, 2.05) is 25.2 Å². The Morgan fingerprint density at radius 2 is 1.63 bits per heavy atom. The molecule has 7 heteroatoms. The fraction of sp³-hybridized carbons (Fsp3) is 0.300. The Balaban J connectivity index is 0.000000156. The maximum Gasteiger partial charge on any atom is 0.328 e. The number of hydrogen-bond donors (Lipinski definition) is 1. The van der Waals surface area contributed by atoms with E-state index in [1.165, 1.54) is 5.56 Å². The standard InChI is InChI=1S/C10H10INO.C10H12N2O2/c1-12-9-4-7(6-11)2-3-8(9)5-10(12)13;1-11-8-4-3-7(6-13)5-9(8)12(2)10(11)14/h2-4H,5-6H2,1H3;3-5,13H,6H2,1-2H3. The van der Waals surface area contributed by atoms with Crippen LogP contribution < -0.4 is 10.6 Å². The summed E-state index contributed by atoms with van der Waals surface area (Å²) in [5.41, 5.74) is 6.02. The minimum absolute atomic E-state index is 0.000967. The summed E-state index contributed by atoms with van der Waals surface area (Å²) in [6.45, 7) is -0.000967. The Morgan fingerprint density at radius 1 is 0.963 bits per heavy atom. The van der Waals surface area contributed by atoms with Crippen molar-refractivity contribution in [3.8, 4) is 0 Å². The lowest BCUT2D eigenvalue weighted by Gasteiger charge is -2.10. The molecule has 4 rings (SSSR count). The van der Waals surface area contributed by atoms with Crippen molar-refractivity contribution in [1.29, 1.82) is 0 Å². The van der Waals surface area contributed by atoms with Gasteiger partial charge in [0, 0.05) is 31.3 Å². The van der Waals surface area contributed by atoms with Crippen LogP contribution in [0.1, 0.15) is 16.7 Å². The number of hydrogen-bond acceptors (Lipinski definition) is 3. The van der Waals surface area contributed by atoms with Gasteiger partial charge in [-0.1, -0.05) is 40.8 Å².